The van der Waals surface area contributed by atoms with Crippen molar-refractivity contribution >= 4 is 57.0 Å². The second-order valence-electron chi connectivity index (χ2n) is 13.5. The number of ketones is 1. The lowest BCUT2D eigenvalue weighted by Gasteiger charge is -2.39. The average molecular weight is 630 g/mol. The summed E-state index contributed by atoms with van der Waals surface area (Å²) in [7, 11) is 0. The Morgan fingerprint density at radius 1 is 0.729 bits per heavy atom. The van der Waals surface area contributed by atoms with E-state index in [1.54, 1.807) is 0 Å². The third kappa shape index (κ3) is 4.32. The van der Waals surface area contributed by atoms with Crippen molar-refractivity contribution in [2.75, 3.05) is 25.0 Å². The molecule has 236 valence electrons. The standard InChI is InChI=1S/C42H35N3O3/c46-39-31(22-29-14-7-12-27-10-1-3-17-34(27)29)25-44(26-32(39)23-30-15-8-13-28-11-2-4-18-35(28)30)40(47)37-24-33-16-9-21-45(33)42(37)36-19-5-6-20-38(36)43-41(42)48/h1-8,10-15,17-20,22-23,33,37H,9,16,21,24-26H2,(H,43,48)/b31-22+,32-23+/t33-,37-,42+/m1/s1. The maximum absolute atomic E-state index is 15.0. The Hall–Kier alpha value is -5.33. The molecular formula is C42H35N3O3. The highest BCUT2D eigenvalue weighted by molar-refractivity contribution is 6.17. The van der Waals surface area contributed by atoms with Crippen LogP contribution in [0.5, 0.6) is 0 Å². The molecule has 4 aliphatic heterocycles. The number of Topliss-reactive ketones (excluding diaryl/α,β-unsaturated/α-hetero) is 1. The number of likely N-dealkylation sites (tertiary alicyclic amines) is 1. The first kappa shape index (κ1) is 28.9. The van der Waals surface area contributed by atoms with E-state index < -0.39 is 11.5 Å². The lowest BCUT2D eigenvalue weighted by Crippen LogP contribution is -2.56. The molecule has 3 atom stereocenters. The van der Waals surface area contributed by atoms with Crippen LogP contribution < -0.4 is 5.32 Å². The van der Waals surface area contributed by atoms with Gasteiger partial charge in [-0.2, -0.15) is 0 Å². The van der Waals surface area contributed by atoms with Crippen molar-refractivity contribution in [1.29, 1.82) is 0 Å². The van der Waals surface area contributed by atoms with E-state index in [2.05, 4.69) is 46.6 Å². The lowest BCUT2D eigenvalue weighted by atomic mass is 9.77. The van der Waals surface area contributed by atoms with Crippen LogP contribution in [0.4, 0.5) is 5.69 Å². The van der Waals surface area contributed by atoms with Gasteiger partial charge in [-0.25, -0.2) is 0 Å². The fraction of sp³-hybridized carbons (Fsp3) is 0.214. The van der Waals surface area contributed by atoms with Gasteiger partial charge in [0, 0.05) is 41.5 Å². The SMILES string of the molecule is O=C1/C(=C/c2cccc3ccccc23)CN(C(=O)[C@H]2C[C@H]3CCCN3[C@]23C(=O)Nc2ccccc23)C/C1=C\c1cccc2ccccc12. The smallest absolute Gasteiger partial charge is 0.250 e. The largest absolute Gasteiger partial charge is 0.333 e. The van der Waals surface area contributed by atoms with Gasteiger partial charge in [0.1, 0.15) is 5.54 Å². The van der Waals surface area contributed by atoms with E-state index in [0.29, 0.717) is 17.6 Å². The molecular weight excluding hydrogens is 594 g/mol. The molecule has 2 amide bonds. The third-order valence-corrected chi connectivity index (χ3v) is 11.0. The molecule has 6 heteroatoms. The third-order valence-electron chi connectivity index (χ3n) is 11.0. The Kier molecular flexibility index (Phi) is 6.70. The van der Waals surface area contributed by atoms with E-state index in [9.17, 15) is 9.59 Å². The van der Waals surface area contributed by atoms with Crippen LogP contribution in [0.3, 0.4) is 0 Å². The number of hydrogen-bond acceptors (Lipinski definition) is 4. The van der Waals surface area contributed by atoms with Crippen LogP contribution in [0.15, 0.2) is 120 Å². The summed E-state index contributed by atoms with van der Waals surface area (Å²) in [6.45, 7) is 1.16. The van der Waals surface area contributed by atoms with Crippen molar-refractivity contribution in [2.24, 2.45) is 5.92 Å². The van der Waals surface area contributed by atoms with Crippen LogP contribution in [0.1, 0.15) is 36.0 Å². The molecule has 1 N–H and O–H groups in total. The van der Waals surface area contributed by atoms with E-state index in [0.717, 1.165) is 63.3 Å². The van der Waals surface area contributed by atoms with Crippen LogP contribution in [-0.4, -0.2) is 53.1 Å². The summed E-state index contributed by atoms with van der Waals surface area (Å²) in [5.41, 5.74) is 3.66. The number of anilines is 1. The van der Waals surface area contributed by atoms with Crippen molar-refractivity contribution in [3.8, 4) is 0 Å². The number of benzene rings is 5. The zero-order chi connectivity index (χ0) is 32.4. The van der Waals surface area contributed by atoms with Gasteiger partial charge in [0.05, 0.1) is 5.92 Å². The molecule has 5 aromatic rings. The average Bonchev–Trinajstić information content (AvgIpc) is 3.79. The molecule has 4 heterocycles. The summed E-state index contributed by atoms with van der Waals surface area (Å²) >= 11 is 0. The van der Waals surface area contributed by atoms with E-state index in [1.807, 2.05) is 89.8 Å². The minimum Gasteiger partial charge on any atom is -0.333 e. The highest BCUT2D eigenvalue weighted by atomic mass is 16.2. The maximum atomic E-state index is 15.0. The Bertz CT molecular complexity index is 2120. The molecule has 0 saturated carbocycles. The predicted octanol–water partition coefficient (Wildman–Crippen LogP) is 7.20. The number of hydrogen-bond donors (Lipinski definition) is 1. The second-order valence-corrected chi connectivity index (χ2v) is 13.5. The van der Waals surface area contributed by atoms with E-state index in [4.69, 9.17) is 0 Å². The monoisotopic (exact) mass is 629 g/mol. The van der Waals surface area contributed by atoms with Gasteiger partial charge >= 0.3 is 0 Å². The fourth-order valence-electron chi connectivity index (χ4n) is 8.91. The minimum absolute atomic E-state index is 0.0503. The van der Waals surface area contributed by atoms with Crippen LogP contribution >= 0.6 is 0 Å². The number of amides is 2. The summed E-state index contributed by atoms with van der Waals surface area (Å²) in [5.74, 6) is -0.795. The summed E-state index contributed by atoms with van der Waals surface area (Å²) in [6.07, 6.45) is 6.52. The summed E-state index contributed by atoms with van der Waals surface area (Å²) < 4.78 is 0. The highest BCUT2D eigenvalue weighted by Gasteiger charge is 2.66. The molecule has 0 radical (unpaired) electrons. The molecule has 3 fully saturated rings. The molecule has 0 aliphatic carbocycles. The predicted molar refractivity (Wildman–Crippen MR) is 190 cm³/mol. The molecule has 9 rings (SSSR count). The number of carbonyl (C=O) groups excluding carboxylic acids is 3. The number of para-hydroxylation sites is 1. The summed E-state index contributed by atoms with van der Waals surface area (Å²) in [5, 5.41) is 7.42. The molecule has 0 unspecified atom stereocenters. The Balaban J connectivity index is 1.17. The summed E-state index contributed by atoms with van der Waals surface area (Å²) in [6, 6.07) is 36.5. The normalized spacial score (nSPS) is 25.4. The van der Waals surface area contributed by atoms with Gasteiger partial charge < -0.3 is 10.2 Å². The van der Waals surface area contributed by atoms with Gasteiger partial charge in [0.25, 0.3) is 0 Å². The van der Waals surface area contributed by atoms with Crippen LogP contribution in [0, 0.1) is 5.92 Å². The van der Waals surface area contributed by atoms with Gasteiger partial charge in [-0.1, -0.05) is 103 Å². The number of fused-ring (bicyclic) bond motifs is 6. The number of nitrogens with zero attached hydrogens (tertiary/aromatic N) is 2. The van der Waals surface area contributed by atoms with Gasteiger partial charge in [-0.3, -0.25) is 19.3 Å². The molecule has 6 nitrogen and oxygen atoms in total. The summed E-state index contributed by atoms with van der Waals surface area (Å²) in [4.78, 5) is 47.6. The number of carbonyl (C=O) groups is 3. The molecule has 4 aliphatic rings. The topological polar surface area (TPSA) is 69.7 Å². The Morgan fingerprint density at radius 2 is 1.31 bits per heavy atom. The maximum Gasteiger partial charge on any atom is 0.250 e. The Morgan fingerprint density at radius 3 is 1.98 bits per heavy atom. The molecule has 0 bridgehead atoms. The van der Waals surface area contributed by atoms with Gasteiger partial charge in [0.2, 0.25) is 11.8 Å². The number of nitrogens with one attached hydrogen (secondary N) is 1. The van der Waals surface area contributed by atoms with Gasteiger partial charge in [0.15, 0.2) is 5.78 Å². The van der Waals surface area contributed by atoms with E-state index in [-0.39, 0.29) is 36.7 Å². The van der Waals surface area contributed by atoms with Crippen molar-refractivity contribution < 1.29 is 14.4 Å². The number of piperidine rings is 1. The van der Waals surface area contributed by atoms with Crippen molar-refractivity contribution in [3.05, 3.63) is 137 Å². The highest BCUT2D eigenvalue weighted by Crippen LogP contribution is 2.55. The van der Waals surface area contributed by atoms with E-state index >= 15 is 4.79 Å². The van der Waals surface area contributed by atoms with Crippen LogP contribution in [-0.2, 0) is 19.9 Å². The van der Waals surface area contributed by atoms with Crippen molar-refractivity contribution in [3.63, 3.8) is 0 Å². The van der Waals surface area contributed by atoms with Gasteiger partial charge in [-0.05, 0) is 76.7 Å². The van der Waals surface area contributed by atoms with Crippen molar-refractivity contribution in [1.82, 2.24) is 9.80 Å². The van der Waals surface area contributed by atoms with Crippen molar-refractivity contribution in [2.45, 2.75) is 30.8 Å². The van der Waals surface area contributed by atoms with Crippen LogP contribution in [0.2, 0.25) is 0 Å². The lowest BCUT2D eigenvalue weighted by molar-refractivity contribution is -0.144. The molecule has 1 spiro atoms. The fourth-order valence-corrected chi connectivity index (χ4v) is 8.91. The second kappa shape index (κ2) is 11.1. The van der Waals surface area contributed by atoms with Gasteiger partial charge in [-0.15, -0.1) is 0 Å². The minimum atomic E-state index is -1.05. The zero-order valence-electron chi connectivity index (χ0n) is 26.6. The molecule has 3 saturated heterocycles. The molecule has 48 heavy (non-hydrogen) atoms. The molecule has 5 aromatic carbocycles. The number of rotatable bonds is 3. The first-order chi connectivity index (χ1) is 23.5. The Labute approximate surface area is 279 Å². The first-order valence-corrected chi connectivity index (χ1v) is 16.9. The quantitative estimate of drug-likeness (QED) is 0.214. The first-order valence-electron chi connectivity index (χ1n) is 16.9. The molecule has 0 aromatic heterocycles. The van der Waals surface area contributed by atoms with Crippen LogP contribution in [0.25, 0.3) is 33.7 Å². The zero-order valence-corrected chi connectivity index (χ0v) is 26.6. The van der Waals surface area contributed by atoms with E-state index in [1.165, 1.54) is 0 Å².